The van der Waals surface area contributed by atoms with Crippen LogP contribution in [-0.2, 0) is 7.05 Å². The zero-order valence-corrected chi connectivity index (χ0v) is 18.8. The van der Waals surface area contributed by atoms with Gasteiger partial charge in [0, 0.05) is 33.9 Å². The summed E-state index contributed by atoms with van der Waals surface area (Å²) in [6, 6.07) is 17.4. The van der Waals surface area contributed by atoms with Crippen molar-refractivity contribution in [1.29, 1.82) is 0 Å². The van der Waals surface area contributed by atoms with Crippen LogP contribution in [0, 0.1) is 12.3 Å². The SMILES string of the molecule is Cc1ccc2c(oc3c(C4=CC5=C(CCC5)C4(C)C)cccc32)c1-c1cccc[n+]1C. The molecule has 0 N–H and O–H groups in total. The molecule has 4 aromatic rings. The van der Waals surface area contributed by atoms with Crippen LogP contribution in [0.25, 0.3) is 38.8 Å². The zero-order valence-electron chi connectivity index (χ0n) is 18.8. The number of fused-ring (bicyclic) bond motifs is 3. The van der Waals surface area contributed by atoms with Crippen LogP contribution in [0.5, 0.6) is 0 Å². The van der Waals surface area contributed by atoms with Crippen molar-refractivity contribution >= 4 is 27.5 Å². The Bertz CT molecular complexity index is 1440. The average molecular weight is 407 g/mol. The number of aryl methyl sites for hydroxylation is 2. The van der Waals surface area contributed by atoms with E-state index in [2.05, 4.69) is 93.2 Å². The second kappa shape index (κ2) is 6.43. The summed E-state index contributed by atoms with van der Waals surface area (Å²) in [6.45, 7) is 6.94. The third kappa shape index (κ3) is 2.54. The van der Waals surface area contributed by atoms with Crippen LogP contribution in [-0.4, -0.2) is 0 Å². The fourth-order valence-corrected chi connectivity index (χ4v) is 5.85. The van der Waals surface area contributed by atoms with E-state index in [1.807, 2.05) is 0 Å². The molecule has 6 rings (SSSR count). The molecule has 2 aliphatic rings. The van der Waals surface area contributed by atoms with Gasteiger partial charge in [0.15, 0.2) is 6.20 Å². The zero-order chi connectivity index (χ0) is 21.3. The Hall–Kier alpha value is -3.13. The summed E-state index contributed by atoms with van der Waals surface area (Å²) in [7, 11) is 2.10. The second-order valence-electron chi connectivity index (χ2n) is 9.66. The molecule has 2 aromatic carbocycles. The first-order chi connectivity index (χ1) is 15.0. The molecule has 154 valence electrons. The molecule has 0 radical (unpaired) electrons. The van der Waals surface area contributed by atoms with E-state index >= 15 is 0 Å². The minimum absolute atomic E-state index is 0.0731. The molecule has 2 heterocycles. The highest BCUT2D eigenvalue weighted by Crippen LogP contribution is 2.54. The number of rotatable bonds is 2. The van der Waals surface area contributed by atoms with Crippen molar-refractivity contribution < 1.29 is 8.98 Å². The lowest BCUT2D eigenvalue weighted by Gasteiger charge is -2.27. The Morgan fingerprint density at radius 1 is 0.903 bits per heavy atom. The van der Waals surface area contributed by atoms with E-state index in [0.717, 1.165) is 11.2 Å². The average Bonchev–Trinajstić information content (AvgIpc) is 3.42. The highest BCUT2D eigenvalue weighted by Gasteiger charge is 2.38. The monoisotopic (exact) mass is 406 g/mol. The van der Waals surface area contributed by atoms with Gasteiger partial charge in [0.25, 0.3) is 0 Å². The molecule has 0 atom stereocenters. The molecule has 0 amide bonds. The number of allylic oxidation sites excluding steroid dienone is 4. The summed E-state index contributed by atoms with van der Waals surface area (Å²) in [5, 5.41) is 2.40. The van der Waals surface area contributed by atoms with Gasteiger partial charge in [-0.05, 0) is 49.0 Å². The quantitative estimate of drug-likeness (QED) is 0.319. The summed E-state index contributed by atoms with van der Waals surface area (Å²) in [4.78, 5) is 0. The largest absolute Gasteiger partial charge is 0.455 e. The summed E-state index contributed by atoms with van der Waals surface area (Å²) in [5.74, 6) is 0. The lowest BCUT2D eigenvalue weighted by molar-refractivity contribution is -0.660. The van der Waals surface area contributed by atoms with Gasteiger partial charge in [-0.25, -0.2) is 4.57 Å². The second-order valence-corrected chi connectivity index (χ2v) is 9.66. The minimum Gasteiger partial charge on any atom is -0.455 e. The van der Waals surface area contributed by atoms with Gasteiger partial charge in [-0.15, -0.1) is 0 Å². The molecule has 31 heavy (non-hydrogen) atoms. The number of pyridine rings is 1. The molecule has 0 bridgehead atoms. The van der Waals surface area contributed by atoms with Gasteiger partial charge in [0.05, 0.1) is 5.56 Å². The van der Waals surface area contributed by atoms with Gasteiger partial charge in [-0.2, -0.15) is 0 Å². The number of hydrogen-bond acceptors (Lipinski definition) is 1. The molecule has 0 unspecified atom stereocenters. The van der Waals surface area contributed by atoms with Crippen LogP contribution in [0.3, 0.4) is 0 Å². The highest BCUT2D eigenvalue weighted by atomic mass is 16.3. The number of nitrogens with zero attached hydrogens (tertiary/aromatic N) is 1. The van der Waals surface area contributed by atoms with Gasteiger partial charge >= 0.3 is 0 Å². The van der Waals surface area contributed by atoms with E-state index in [-0.39, 0.29) is 5.41 Å². The Balaban J connectivity index is 1.64. The highest BCUT2D eigenvalue weighted by molar-refractivity contribution is 6.12. The third-order valence-electron chi connectivity index (χ3n) is 7.48. The predicted molar refractivity (Wildman–Crippen MR) is 128 cm³/mol. The Morgan fingerprint density at radius 2 is 1.74 bits per heavy atom. The van der Waals surface area contributed by atoms with Crippen LogP contribution < -0.4 is 4.57 Å². The first-order valence-electron chi connectivity index (χ1n) is 11.3. The van der Waals surface area contributed by atoms with Gasteiger partial charge in [-0.3, -0.25) is 0 Å². The van der Waals surface area contributed by atoms with E-state index in [1.165, 1.54) is 58.0 Å². The number of aromatic nitrogens is 1. The van der Waals surface area contributed by atoms with E-state index in [4.69, 9.17) is 4.42 Å². The summed E-state index contributed by atoms with van der Waals surface area (Å²) in [6.07, 6.45) is 8.29. The number of para-hydroxylation sites is 1. The molecule has 2 aromatic heterocycles. The van der Waals surface area contributed by atoms with Crippen molar-refractivity contribution in [3.63, 3.8) is 0 Å². The van der Waals surface area contributed by atoms with Crippen LogP contribution in [0.2, 0.25) is 0 Å². The van der Waals surface area contributed by atoms with E-state index in [9.17, 15) is 0 Å². The maximum absolute atomic E-state index is 6.76. The van der Waals surface area contributed by atoms with Crippen molar-refractivity contribution in [2.24, 2.45) is 12.5 Å². The number of hydrogen-bond donors (Lipinski definition) is 0. The lowest BCUT2D eigenvalue weighted by atomic mass is 9.76. The van der Waals surface area contributed by atoms with Crippen LogP contribution >= 0.6 is 0 Å². The van der Waals surface area contributed by atoms with Crippen LogP contribution in [0.4, 0.5) is 0 Å². The molecule has 0 spiro atoms. The summed E-state index contributed by atoms with van der Waals surface area (Å²) < 4.78 is 8.93. The van der Waals surface area contributed by atoms with Crippen molar-refractivity contribution in [3.8, 4) is 11.3 Å². The summed E-state index contributed by atoms with van der Waals surface area (Å²) >= 11 is 0. The maximum atomic E-state index is 6.76. The van der Waals surface area contributed by atoms with Gasteiger partial charge < -0.3 is 4.42 Å². The standard InChI is InChI=1S/C29H28NO/c1-18-14-15-21-20-10-8-11-22(24-17-19-9-7-12-23(19)29(24,2)3)27(20)31-28(21)26(18)25-13-5-6-16-30(25)4/h5-6,8,10-11,13-17H,7,9,12H2,1-4H3/q+1. The van der Waals surface area contributed by atoms with Gasteiger partial charge in [-0.1, -0.05) is 55.8 Å². The smallest absolute Gasteiger partial charge is 0.216 e. The molecule has 0 fully saturated rings. The Kier molecular flexibility index (Phi) is 3.87. The fourth-order valence-electron chi connectivity index (χ4n) is 5.85. The predicted octanol–water partition coefficient (Wildman–Crippen LogP) is 7.29. The van der Waals surface area contributed by atoms with Crippen LogP contribution in [0.15, 0.2) is 76.4 Å². The topological polar surface area (TPSA) is 17.0 Å². The van der Waals surface area contributed by atoms with Crippen molar-refractivity contribution in [2.45, 2.75) is 40.0 Å². The maximum Gasteiger partial charge on any atom is 0.216 e. The molecule has 0 aliphatic heterocycles. The van der Waals surface area contributed by atoms with E-state index in [1.54, 1.807) is 11.1 Å². The fraction of sp³-hybridized carbons (Fsp3) is 0.276. The normalized spacial score (nSPS) is 17.6. The van der Waals surface area contributed by atoms with Gasteiger partial charge in [0.1, 0.15) is 18.2 Å². The summed E-state index contributed by atoms with van der Waals surface area (Å²) in [5.41, 5.74) is 11.5. The molecular formula is C29H28NO+. The Morgan fingerprint density at radius 3 is 2.55 bits per heavy atom. The first-order valence-corrected chi connectivity index (χ1v) is 11.3. The minimum atomic E-state index is 0.0731. The van der Waals surface area contributed by atoms with E-state index in [0.29, 0.717) is 0 Å². The Labute approximate surface area is 183 Å². The lowest BCUT2D eigenvalue weighted by Crippen LogP contribution is -2.30. The molecule has 2 heteroatoms. The molecule has 0 saturated heterocycles. The molecule has 2 nitrogen and oxygen atoms in total. The molecule has 2 aliphatic carbocycles. The number of furan rings is 1. The molecular weight excluding hydrogens is 378 g/mol. The number of benzene rings is 2. The van der Waals surface area contributed by atoms with Crippen molar-refractivity contribution in [3.05, 3.63) is 83.1 Å². The first kappa shape index (κ1) is 18.6. The van der Waals surface area contributed by atoms with E-state index < -0.39 is 0 Å². The van der Waals surface area contributed by atoms with Gasteiger partial charge in [0.2, 0.25) is 5.69 Å². The van der Waals surface area contributed by atoms with Crippen LogP contribution in [0.1, 0.15) is 44.2 Å². The third-order valence-corrected chi connectivity index (χ3v) is 7.48. The van der Waals surface area contributed by atoms with Crippen molar-refractivity contribution in [2.75, 3.05) is 0 Å². The van der Waals surface area contributed by atoms with Crippen molar-refractivity contribution in [1.82, 2.24) is 0 Å². The molecule has 0 saturated carbocycles.